The van der Waals surface area contributed by atoms with Gasteiger partial charge in [0.1, 0.15) is 5.52 Å². The van der Waals surface area contributed by atoms with Gasteiger partial charge in [0, 0.05) is 11.6 Å². The average Bonchev–Trinajstić information content (AvgIpc) is 3.16. The first-order valence-corrected chi connectivity index (χ1v) is 7.85. The van der Waals surface area contributed by atoms with Gasteiger partial charge < -0.3 is 9.73 Å². The molecule has 2 N–H and O–H groups in total. The maximum atomic E-state index is 11.9. The Labute approximate surface area is 132 Å². The highest BCUT2D eigenvalue weighted by Crippen LogP contribution is 2.46. The molecule has 6 heteroatoms. The number of allylic oxidation sites excluding steroid dienone is 2. The maximum absolute atomic E-state index is 11.9. The summed E-state index contributed by atoms with van der Waals surface area (Å²) in [7, 11) is 0. The van der Waals surface area contributed by atoms with Gasteiger partial charge in [-0.3, -0.25) is 5.32 Å². The second-order valence-corrected chi connectivity index (χ2v) is 6.42. The van der Waals surface area contributed by atoms with Gasteiger partial charge in [0.2, 0.25) is 0 Å². The first-order valence-electron chi connectivity index (χ1n) is 7.47. The number of carbonyl (C=O) groups is 1. The lowest BCUT2D eigenvalue weighted by Crippen LogP contribution is -2.33. The molecule has 114 valence electrons. The van der Waals surface area contributed by atoms with Crippen LogP contribution in [0.25, 0.3) is 11.1 Å². The molecule has 1 heterocycles. The molecule has 22 heavy (non-hydrogen) atoms. The first kappa shape index (κ1) is 13.6. The Hall–Kier alpha value is -2.01. The summed E-state index contributed by atoms with van der Waals surface area (Å²) in [6.07, 6.45) is 5.83. The molecule has 1 aromatic heterocycles. The minimum Gasteiger partial charge on any atom is -0.423 e. The summed E-state index contributed by atoms with van der Waals surface area (Å²) < 4.78 is 5.46. The minimum atomic E-state index is -0.289. The Kier molecular flexibility index (Phi) is 3.30. The summed E-state index contributed by atoms with van der Waals surface area (Å²) in [6.45, 7) is 0.679. The van der Waals surface area contributed by atoms with Crippen molar-refractivity contribution < 1.29 is 9.21 Å². The fourth-order valence-electron chi connectivity index (χ4n) is 3.03. The average molecular weight is 318 g/mol. The predicted octanol–water partition coefficient (Wildman–Crippen LogP) is 3.96. The Morgan fingerprint density at radius 2 is 2.36 bits per heavy atom. The molecular formula is C16H16ClN3O2. The zero-order valence-electron chi connectivity index (χ0n) is 11.9. The van der Waals surface area contributed by atoms with Gasteiger partial charge >= 0.3 is 12.0 Å². The number of hydrogen-bond donors (Lipinski definition) is 2. The van der Waals surface area contributed by atoms with E-state index < -0.39 is 0 Å². The number of halogens is 1. The second kappa shape index (κ2) is 5.32. The molecule has 2 amide bonds. The normalized spacial score (nSPS) is 22.9. The van der Waals surface area contributed by atoms with Crippen molar-refractivity contribution in [1.29, 1.82) is 0 Å². The van der Waals surface area contributed by atoms with E-state index in [9.17, 15) is 4.79 Å². The predicted molar refractivity (Wildman–Crippen MR) is 85.0 cm³/mol. The number of urea groups is 1. The largest absolute Gasteiger partial charge is 0.423 e. The standard InChI is InChI=1S/C16H16ClN3O2/c17-12-3-4-14-13(7-12)19-16(22-14)20-15(21)18-8-9-1-2-10-6-11(10)5-9/h2-4,7,9,11H,1,5-6,8H2,(H2,18,19,20,21). The van der Waals surface area contributed by atoms with Crippen molar-refractivity contribution in [1.82, 2.24) is 10.3 Å². The lowest BCUT2D eigenvalue weighted by molar-refractivity contribution is 0.249. The summed E-state index contributed by atoms with van der Waals surface area (Å²) in [5.74, 6) is 1.31. The highest BCUT2D eigenvalue weighted by Gasteiger charge is 2.34. The fourth-order valence-corrected chi connectivity index (χ4v) is 3.19. The molecule has 5 nitrogen and oxygen atoms in total. The van der Waals surface area contributed by atoms with E-state index in [4.69, 9.17) is 16.0 Å². The van der Waals surface area contributed by atoms with Crippen LogP contribution in [-0.2, 0) is 0 Å². The van der Waals surface area contributed by atoms with Gasteiger partial charge in [-0.15, -0.1) is 0 Å². The van der Waals surface area contributed by atoms with Crippen LogP contribution in [0, 0.1) is 11.8 Å². The second-order valence-electron chi connectivity index (χ2n) is 5.98. The molecule has 1 aromatic carbocycles. The third-order valence-electron chi connectivity index (χ3n) is 4.30. The van der Waals surface area contributed by atoms with E-state index in [1.807, 2.05) is 0 Å². The van der Waals surface area contributed by atoms with E-state index >= 15 is 0 Å². The van der Waals surface area contributed by atoms with Crippen molar-refractivity contribution in [2.45, 2.75) is 19.3 Å². The van der Waals surface area contributed by atoms with Crippen LogP contribution in [-0.4, -0.2) is 17.6 Å². The van der Waals surface area contributed by atoms with Crippen molar-refractivity contribution in [3.8, 4) is 0 Å². The summed E-state index contributed by atoms with van der Waals surface area (Å²) in [5, 5.41) is 6.10. The van der Waals surface area contributed by atoms with E-state index in [-0.39, 0.29) is 12.0 Å². The third kappa shape index (κ3) is 2.81. The number of carbonyl (C=O) groups excluding carboxylic acids is 1. The van der Waals surface area contributed by atoms with Gasteiger partial charge in [0.05, 0.1) is 0 Å². The smallest absolute Gasteiger partial charge is 0.322 e. The fraction of sp³-hybridized carbons (Fsp3) is 0.375. The van der Waals surface area contributed by atoms with Crippen LogP contribution in [0.1, 0.15) is 19.3 Å². The quantitative estimate of drug-likeness (QED) is 0.842. The first-order chi connectivity index (χ1) is 10.7. The molecular weight excluding hydrogens is 302 g/mol. The summed E-state index contributed by atoms with van der Waals surface area (Å²) in [6, 6.07) is 5.05. The SMILES string of the molecule is O=C(NCC1CC=C2CC2C1)Nc1nc2cc(Cl)ccc2o1. The van der Waals surface area contributed by atoms with Crippen molar-refractivity contribution in [3.05, 3.63) is 34.9 Å². The molecule has 4 rings (SSSR count). The zero-order valence-corrected chi connectivity index (χ0v) is 12.7. The van der Waals surface area contributed by atoms with Gasteiger partial charge in [-0.05, 0) is 49.3 Å². The van der Waals surface area contributed by atoms with Crippen LogP contribution in [0.15, 0.2) is 34.3 Å². The molecule has 2 aliphatic rings. The molecule has 2 aromatic rings. The van der Waals surface area contributed by atoms with Crippen molar-refractivity contribution >= 4 is 34.7 Å². The molecule has 0 bridgehead atoms. The number of anilines is 1. The molecule has 0 aliphatic heterocycles. The Balaban J connectivity index is 1.33. The van der Waals surface area contributed by atoms with E-state index in [0.717, 1.165) is 12.3 Å². The van der Waals surface area contributed by atoms with E-state index in [1.54, 1.807) is 23.8 Å². The number of benzene rings is 1. The lowest BCUT2D eigenvalue weighted by atomic mass is 9.94. The molecule has 1 saturated carbocycles. The third-order valence-corrected chi connectivity index (χ3v) is 4.53. The van der Waals surface area contributed by atoms with Crippen LogP contribution in [0.2, 0.25) is 5.02 Å². The van der Waals surface area contributed by atoms with Crippen molar-refractivity contribution in [2.75, 3.05) is 11.9 Å². The number of nitrogens with zero attached hydrogens (tertiary/aromatic N) is 1. The maximum Gasteiger partial charge on any atom is 0.322 e. The summed E-state index contributed by atoms with van der Waals surface area (Å²) in [4.78, 5) is 16.1. The molecule has 2 aliphatic carbocycles. The van der Waals surface area contributed by atoms with E-state index in [0.29, 0.717) is 28.6 Å². The number of hydrogen-bond acceptors (Lipinski definition) is 3. The van der Waals surface area contributed by atoms with Gasteiger partial charge in [0.25, 0.3) is 0 Å². The zero-order chi connectivity index (χ0) is 15.1. The number of fused-ring (bicyclic) bond motifs is 2. The minimum absolute atomic E-state index is 0.183. The molecule has 1 fully saturated rings. The van der Waals surface area contributed by atoms with Crippen LogP contribution in [0.5, 0.6) is 0 Å². The van der Waals surface area contributed by atoms with Crippen molar-refractivity contribution in [3.63, 3.8) is 0 Å². The number of amides is 2. The van der Waals surface area contributed by atoms with Gasteiger partial charge in [-0.25, -0.2) is 4.79 Å². The monoisotopic (exact) mass is 317 g/mol. The highest BCUT2D eigenvalue weighted by atomic mass is 35.5. The van der Waals surface area contributed by atoms with Crippen LogP contribution in [0.3, 0.4) is 0 Å². The Morgan fingerprint density at radius 1 is 1.45 bits per heavy atom. The molecule has 0 saturated heterocycles. The topological polar surface area (TPSA) is 67.2 Å². The van der Waals surface area contributed by atoms with Crippen LogP contribution >= 0.6 is 11.6 Å². The molecule has 0 radical (unpaired) electrons. The summed E-state index contributed by atoms with van der Waals surface area (Å²) >= 11 is 5.90. The van der Waals surface area contributed by atoms with E-state index in [2.05, 4.69) is 21.7 Å². The molecule has 2 atom stereocenters. The Morgan fingerprint density at radius 3 is 3.23 bits per heavy atom. The van der Waals surface area contributed by atoms with Crippen LogP contribution < -0.4 is 10.6 Å². The molecule has 2 unspecified atom stereocenters. The van der Waals surface area contributed by atoms with Gasteiger partial charge in [-0.1, -0.05) is 23.3 Å². The van der Waals surface area contributed by atoms with Gasteiger partial charge in [0.15, 0.2) is 5.58 Å². The number of oxazole rings is 1. The van der Waals surface area contributed by atoms with Crippen molar-refractivity contribution in [2.24, 2.45) is 11.8 Å². The van der Waals surface area contributed by atoms with Gasteiger partial charge in [-0.2, -0.15) is 4.98 Å². The number of rotatable bonds is 3. The summed E-state index contributed by atoms with van der Waals surface area (Å²) in [5.41, 5.74) is 2.82. The van der Waals surface area contributed by atoms with Crippen LogP contribution in [0.4, 0.5) is 10.8 Å². The van der Waals surface area contributed by atoms with E-state index in [1.165, 1.54) is 12.8 Å². The Bertz CT molecular complexity index is 768. The molecule has 0 spiro atoms. The highest BCUT2D eigenvalue weighted by molar-refractivity contribution is 6.31. The number of aromatic nitrogens is 1. The number of nitrogens with one attached hydrogen (secondary N) is 2. The lowest BCUT2D eigenvalue weighted by Gasteiger charge is -2.17.